The molecule has 3 amide bonds. The van der Waals surface area contributed by atoms with E-state index in [-0.39, 0.29) is 42.7 Å². The molecule has 3 unspecified atom stereocenters. The molecule has 3 saturated heterocycles. The predicted molar refractivity (Wildman–Crippen MR) is 160 cm³/mol. The number of hydrogen-bond donors (Lipinski definition) is 1. The van der Waals surface area contributed by atoms with Gasteiger partial charge in [-0.3, -0.25) is 14.4 Å². The van der Waals surface area contributed by atoms with E-state index < -0.39 is 35.1 Å². The van der Waals surface area contributed by atoms with Gasteiger partial charge in [-0.25, -0.2) is 0 Å². The van der Waals surface area contributed by atoms with Crippen LogP contribution >= 0.6 is 0 Å². The lowest BCUT2D eigenvalue weighted by molar-refractivity contribution is -0.153. The number of likely N-dealkylation sites (N-methyl/N-ethyl adjacent to an activating group) is 1. The highest BCUT2D eigenvalue weighted by atomic mass is 16.5. The molecule has 3 aliphatic rings. The number of nitrogens with zero attached hydrogens (tertiary/aromatic N) is 3. The average Bonchev–Trinajstić information content (AvgIpc) is 3.43. The van der Waals surface area contributed by atoms with E-state index in [0.29, 0.717) is 19.4 Å². The first-order valence-corrected chi connectivity index (χ1v) is 14.8. The molecular formula is C33H47N3O5. The van der Waals surface area contributed by atoms with Crippen molar-refractivity contribution in [1.82, 2.24) is 9.80 Å². The Bertz CT molecular complexity index is 1230. The van der Waals surface area contributed by atoms with Crippen LogP contribution in [0.4, 0.5) is 5.69 Å². The third-order valence-electron chi connectivity index (χ3n) is 9.61. The van der Waals surface area contributed by atoms with Crippen LogP contribution in [-0.4, -0.2) is 82.7 Å². The lowest BCUT2D eigenvalue weighted by Crippen LogP contribution is -2.59. The van der Waals surface area contributed by atoms with Gasteiger partial charge >= 0.3 is 0 Å². The number of likely N-dealkylation sites (tertiary alicyclic amines) is 1. The summed E-state index contributed by atoms with van der Waals surface area (Å²) in [4.78, 5) is 48.3. The van der Waals surface area contributed by atoms with Gasteiger partial charge in [0.2, 0.25) is 11.8 Å². The quantitative estimate of drug-likeness (QED) is 0.412. The van der Waals surface area contributed by atoms with E-state index in [0.717, 1.165) is 16.8 Å². The maximum atomic E-state index is 14.9. The lowest BCUT2D eigenvalue weighted by Gasteiger charge is -2.40. The van der Waals surface area contributed by atoms with Crippen molar-refractivity contribution < 1.29 is 24.2 Å². The zero-order valence-electron chi connectivity index (χ0n) is 25.7. The second kappa shape index (κ2) is 11.4. The zero-order valence-corrected chi connectivity index (χ0v) is 25.7. The monoisotopic (exact) mass is 565 g/mol. The molecule has 3 heterocycles. The first-order valence-electron chi connectivity index (χ1n) is 14.8. The van der Waals surface area contributed by atoms with Crippen LogP contribution in [-0.2, 0) is 19.1 Å². The van der Waals surface area contributed by atoms with Crippen molar-refractivity contribution in [3.05, 3.63) is 54.6 Å². The summed E-state index contributed by atoms with van der Waals surface area (Å²) in [5.41, 5.74) is 0.571. The minimum absolute atomic E-state index is 0.0703. The van der Waals surface area contributed by atoms with Gasteiger partial charge in [0.25, 0.3) is 5.91 Å². The molecule has 224 valence electrons. The van der Waals surface area contributed by atoms with Gasteiger partial charge in [0.1, 0.15) is 11.6 Å². The Morgan fingerprint density at radius 3 is 2.44 bits per heavy atom. The molecule has 3 fully saturated rings. The number of carbonyl (C=O) groups is 3. The number of anilines is 1. The largest absolute Gasteiger partial charge is 0.394 e. The van der Waals surface area contributed by atoms with Crippen LogP contribution in [0.5, 0.6) is 0 Å². The zero-order chi connectivity index (χ0) is 30.4. The second-order valence-electron chi connectivity index (χ2n) is 13.0. The molecule has 1 spiro atoms. The van der Waals surface area contributed by atoms with Crippen molar-refractivity contribution in [2.24, 2.45) is 23.7 Å². The SMILES string of the molecule is C=CCN(C)C(=O)[C@H]1[C@H]2C(=O)N([C@@H](CO)CC(C)C)C(C(=O)N(CC=C)c3cc(C)ccc3C)C23CC(C)[C@]1(C)O3. The molecule has 1 aromatic rings. The van der Waals surface area contributed by atoms with Gasteiger partial charge in [0.15, 0.2) is 0 Å². The molecule has 0 aliphatic carbocycles. The molecule has 2 bridgehead atoms. The molecule has 0 radical (unpaired) electrons. The van der Waals surface area contributed by atoms with E-state index >= 15 is 0 Å². The number of aryl methyl sites for hydroxylation is 2. The highest BCUT2D eigenvalue weighted by Gasteiger charge is 2.80. The summed E-state index contributed by atoms with van der Waals surface area (Å²) < 4.78 is 6.91. The molecule has 4 rings (SSSR count). The number of carbonyl (C=O) groups excluding carboxylic acids is 3. The van der Waals surface area contributed by atoms with Gasteiger partial charge in [-0.1, -0.05) is 45.1 Å². The third-order valence-corrected chi connectivity index (χ3v) is 9.61. The summed E-state index contributed by atoms with van der Waals surface area (Å²) in [6.07, 6.45) is 4.32. The van der Waals surface area contributed by atoms with Crippen molar-refractivity contribution >= 4 is 23.4 Å². The van der Waals surface area contributed by atoms with Crippen molar-refractivity contribution in [2.45, 2.75) is 77.7 Å². The molecule has 0 saturated carbocycles. The van der Waals surface area contributed by atoms with E-state index in [1.165, 1.54) is 0 Å². The number of hydrogen-bond acceptors (Lipinski definition) is 5. The first kappa shape index (κ1) is 31.0. The number of amides is 3. The highest BCUT2D eigenvalue weighted by molar-refractivity contribution is 6.05. The van der Waals surface area contributed by atoms with Crippen LogP contribution in [0.3, 0.4) is 0 Å². The highest BCUT2D eigenvalue weighted by Crippen LogP contribution is 2.66. The summed E-state index contributed by atoms with van der Waals surface area (Å²) in [5.74, 6) is -2.24. The molecule has 1 N–H and O–H groups in total. The Morgan fingerprint density at radius 2 is 1.85 bits per heavy atom. The van der Waals surface area contributed by atoms with Crippen molar-refractivity contribution in [2.75, 3.05) is 31.6 Å². The van der Waals surface area contributed by atoms with E-state index in [1.807, 2.05) is 59.7 Å². The van der Waals surface area contributed by atoms with Gasteiger partial charge in [0, 0.05) is 25.8 Å². The van der Waals surface area contributed by atoms with E-state index in [4.69, 9.17) is 4.74 Å². The Morgan fingerprint density at radius 1 is 1.20 bits per heavy atom. The average molecular weight is 566 g/mol. The Hall–Kier alpha value is -2.97. The topological polar surface area (TPSA) is 90.4 Å². The van der Waals surface area contributed by atoms with Crippen LogP contribution in [0.25, 0.3) is 0 Å². The van der Waals surface area contributed by atoms with E-state index in [2.05, 4.69) is 13.2 Å². The number of benzene rings is 1. The summed E-state index contributed by atoms with van der Waals surface area (Å²) in [5, 5.41) is 10.6. The van der Waals surface area contributed by atoms with Crippen molar-refractivity contribution in [3.8, 4) is 0 Å². The molecule has 1 aromatic carbocycles. The lowest BCUT2D eigenvalue weighted by atomic mass is 9.62. The predicted octanol–water partition coefficient (Wildman–Crippen LogP) is 3.88. The first-order chi connectivity index (χ1) is 19.3. The van der Waals surface area contributed by atoms with Crippen molar-refractivity contribution in [1.29, 1.82) is 0 Å². The van der Waals surface area contributed by atoms with Crippen LogP contribution < -0.4 is 4.90 Å². The number of aliphatic hydroxyl groups is 1. The molecule has 7 atom stereocenters. The number of fused-ring (bicyclic) bond motifs is 1. The molecular weight excluding hydrogens is 518 g/mol. The summed E-state index contributed by atoms with van der Waals surface area (Å²) >= 11 is 0. The molecule has 8 nitrogen and oxygen atoms in total. The molecule has 3 aliphatic heterocycles. The second-order valence-corrected chi connectivity index (χ2v) is 13.0. The summed E-state index contributed by atoms with van der Waals surface area (Å²) in [6.45, 7) is 19.9. The molecule has 0 aromatic heterocycles. The van der Waals surface area contributed by atoms with Crippen LogP contribution in [0.15, 0.2) is 43.5 Å². The van der Waals surface area contributed by atoms with Gasteiger partial charge < -0.3 is 24.5 Å². The fourth-order valence-electron chi connectivity index (χ4n) is 7.66. The molecule has 8 heteroatoms. The summed E-state index contributed by atoms with van der Waals surface area (Å²) in [6, 6.07) is 4.36. The maximum absolute atomic E-state index is 14.9. The van der Waals surface area contributed by atoms with Gasteiger partial charge in [-0.2, -0.15) is 0 Å². The van der Waals surface area contributed by atoms with Crippen LogP contribution in [0.2, 0.25) is 0 Å². The maximum Gasteiger partial charge on any atom is 0.253 e. The summed E-state index contributed by atoms with van der Waals surface area (Å²) in [7, 11) is 1.71. The Kier molecular flexibility index (Phi) is 8.59. The van der Waals surface area contributed by atoms with Crippen LogP contribution in [0, 0.1) is 37.5 Å². The van der Waals surface area contributed by atoms with Gasteiger partial charge in [-0.15, -0.1) is 13.2 Å². The van der Waals surface area contributed by atoms with E-state index in [1.54, 1.807) is 33.9 Å². The third kappa shape index (κ3) is 4.83. The normalized spacial score (nSPS) is 30.9. The van der Waals surface area contributed by atoms with Crippen molar-refractivity contribution in [3.63, 3.8) is 0 Å². The fraction of sp³-hybridized carbons (Fsp3) is 0.606. The number of ether oxygens (including phenoxy) is 1. The van der Waals surface area contributed by atoms with Gasteiger partial charge in [-0.05, 0) is 62.6 Å². The minimum atomic E-state index is -1.20. The van der Waals surface area contributed by atoms with E-state index in [9.17, 15) is 19.5 Å². The number of rotatable bonds is 11. The van der Waals surface area contributed by atoms with Gasteiger partial charge in [0.05, 0.1) is 30.1 Å². The fourth-order valence-corrected chi connectivity index (χ4v) is 7.66. The Labute approximate surface area is 245 Å². The number of aliphatic hydroxyl groups excluding tert-OH is 1. The standard InChI is InChI=1S/C33H47N3O5/c1-10-14-34(9)29(38)26-27-30(39)36(24(19-37)16-20(3)4)28(33(27)18-23(7)32(26,8)41-33)31(40)35(15-11-2)25-17-21(5)12-13-22(25)6/h10-13,17,20,23-24,26-28,37H,1-2,14-16,18-19H2,3-9H3/t23?,24-,26-,27+,28?,32+,33?/m1/s1. The van der Waals surface area contributed by atoms with Crippen LogP contribution in [0.1, 0.15) is 51.7 Å². The smallest absolute Gasteiger partial charge is 0.253 e. The minimum Gasteiger partial charge on any atom is -0.394 e. The molecule has 41 heavy (non-hydrogen) atoms. The Balaban J connectivity index is 1.92.